The highest BCUT2D eigenvalue weighted by Crippen LogP contribution is 2.34. The predicted molar refractivity (Wildman–Crippen MR) is 117 cm³/mol. The van der Waals surface area contributed by atoms with Gasteiger partial charge < -0.3 is 15.4 Å². The quantitative estimate of drug-likeness (QED) is 0.559. The van der Waals surface area contributed by atoms with Crippen LogP contribution >= 0.6 is 34.3 Å². The molecule has 0 fully saturated rings. The number of ether oxygens (including phenoxy) is 1. The molecular formula is C19H24ClN3O4S2. The first-order chi connectivity index (χ1) is 13.8. The Morgan fingerprint density at radius 1 is 1.21 bits per heavy atom. The lowest BCUT2D eigenvalue weighted by atomic mass is 10.1. The number of anilines is 1. The van der Waals surface area contributed by atoms with Gasteiger partial charge in [0.25, 0.3) is 5.91 Å². The van der Waals surface area contributed by atoms with Crippen molar-refractivity contribution >= 4 is 57.1 Å². The molecule has 0 saturated heterocycles. The van der Waals surface area contributed by atoms with Crippen LogP contribution in [0.5, 0.6) is 0 Å². The second-order valence-electron chi connectivity index (χ2n) is 6.12. The lowest BCUT2D eigenvalue weighted by molar-refractivity contribution is -0.117. The number of halogens is 1. The Kier molecular flexibility index (Phi) is 8.63. The lowest BCUT2D eigenvalue weighted by Gasteiger charge is -2.19. The topological polar surface area (TPSA) is 87.7 Å². The minimum Gasteiger partial charge on any atom is -0.462 e. The number of hydrogen-bond acceptors (Lipinski definition) is 7. The number of carbonyl (C=O) groups excluding carboxylic acids is 3. The summed E-state index contributed by atoms with van der Waals surface area (Å²) in [5.41, 5.74) is 0.709. The zero-order valence-electron chi connectivity index (χ0n) is 16.8. The molecule has 0 aliphatic heterocycles. The molecule has 0 radical (unpaired) electrons. The molecule has 0 aromatic carbocycles. The summed E-state index contributed by atoms with van der Waals surface area (Å²) in [6.07, 6.45) is 0. The van der Waals surface area contributed by atoms with E-state index in [0.29, 0.717) is 32.9 Å². The van der Waals surface area contributed by atoms with Crippen molar-refractivity contribution in [2.75, 3.05) is 32.1 Å². The van der Waals surface area contributed by atoms with Crippen molar-refractivity contribution in [3.05, 3.63) is 37.4 Å². The number of thiophene rings is 2. The third-order valence-electron chi connectivity index (χ3n) is 4.14. The Morgan fingerprint density at radius 3 is 2.48 bits per heavy atom. The minimum atomic E-state index is -0.563. The van der Waals surface area contributed by atoms with Crippen LogP contribution in [0.4, 0.5) is 5.00 Å². The fourth-order valence-electron chi connectivity index (χ4n) is 2.69. The monoisotopic (exact) mass is 457 g/mol. The second kappa shape index (κ2) is 10.7. The van der Waals surface area contributed by atoms with Crippen molar-refractivity contribution in [3.63, 3.8) is 0 Å². The standard InChI is InChI=1S/C19H24ClN3O4S2/c1-5-23(9-12-7-8-13(20)28-12)10-14(24)22-18-15(19(26)27-6-2)11(3)16(29-18)17(25)21-4/h7-8H,5-6,9-10H2,1-4H3,(H,21,25)(H,22,24). The van der Waals surface area contributed by atoms with Gasteiger partial charge in [-0.2, -0.15) is 0 Å². The summed E-state index contributed by atoms with van der Waals surface area (Å²) in [5.74, 6) is -1.15. The van der Waals surface area contributed by atoms with E-state index in [-0.39, 0.29) is 30.5 Å². The van der Waals surface area contributed by atoms with Gasteiger partial charge in [-0.05, 0) is 38.1 Å². The van der Waals surface area contributed by atoms with Gasteiger partial charge in [0.2, 0.25) is 5.91 Å². The van der Waals surface area contributed by atoms with Crippen molar-refractivity contribution < 1.29 is 19.1 Å². The molecule has 0 aliphatic carbocycles. The number of hydrogen-bond donors (Lipinski definition) is 2. The average Bonchev–Trinajstić information content (AvgIpc) is 3.23. The first-order valence-electron chi connectivity index (χ1n) is 9.09. The normalized spacial score (nSPS) is 10.8. The highest BCUT2D eigenvalue weighted by molar-refractivity contribution is 7.18. The molecule has 2 amide bonds. The Balaban J connectivity index is 2.18. The molecule has 0 saturated carbocycles. The number of amides is 2. The lowest BCUT2D eigenvalue weighted by Crippen LogP contribution is -2.32. The first-order valence-corrected chi connectivity index (χ1v) is 11.1. The number of rotatable bonds is 9. The average molecular weight is 458 g/mol. The van der Waals surface area contributed by atoms with E-state index in [1.165, 1.54) is 18.4 Å². The maximum Gasteiger partial charge on any atom is 0.341 e. The van der Waals surface area contributed by atoms with Crippen LogP contribution < -0.4 is 10.6 Å². The van der Waals surface area contributed by atoms with E-state index in [2.05, 4.69) is 10.6 Å². The van der Waals surface area contributed by atoms with Gasteiger partial charge in [0.05, 0.1) is 27.9 Å². The van der Waals surface area contributed by atoms with Crippen molar-refractivity contribution in [1.82, 2.24) is 10.2 Å². The highest BCUT2D eigenvalue weighted by Gasteiger charge is 2.26. The zero-order valence-corrected chi connectivity index (χ0v) is 19.1. The highest BCUT2D eigenvalue weighted by atomic mass is 35.5. The molecule has 2 aromatic rings. The first kappa shape index (κ1) is 23.3. The van der Waals surface area contributed by atoms with Crippen molar-refractivity contribution in [3.8, 4) is 0 Å². The van der Waals surface area contributed by atoms with E-state index in [4.69, 9.17) is 16.3 Å². The van der Waals surface area contributed by atoms with Crippen molar-refractivity contribution in [1.29, 1.82) is 0 Å². The Hall–Kier alpha value is -1.94. The van der Waals surface area contributed by atoms with Crippen LogP contribution in [0.15, 0.2) is 12.1 Å². The Bertz CT molecular complexity index is 894. The molecule has 2 rings (SSSR count). The summed E-state index contributed by atoms with van der Waals surface area (Å²) in [4.78, 5) is 40.5. The van der Waals surface area contributed by atoms with Crippen molar-refractivity contribution in [2.45, 2.75) is 27.3 Å². The van der Waals surface area contributed by atoms with E-state index in [1.54, 1.807) is 13.8 Å². The Labute approximate surface area is 183 Å². The van der Waals surface area contributed by atoms with Crippen LogP contribution in [0, 0.1) is 6.92 Å². The SMILES string of the molecule is CCOC(=O)c1c(NC(=O)CN(CC)Cc2ccc(Cl)s2)sc(C(=O)NC)c1C. The number of esters is 1. The van der Waals surface area contributed by atoms with Gasteiger partial charge >= 0.3 is 5.97 Å². The molecule has 2 N–H and O–H groups in total. The molecule has 2 heterocycles. The minimum absolute atomic E-state index is 0.139. The third-order valence-corrected chi connectivity index (χ3v) is 6.56. The van der Waals surface area contributed by atoms with E-state index in [1.807, 2.05) is 24.0 Å². The van der Waals surface area contributed by atoms with E-state index >= 15 is 0 Å². The van der Waals surface area contributed by atoms with Crippen LogP contribution in [0.3, 0.4) is 0 Å². The maximum atomic E-state index is 12.6. The van der Waals surface area contributed by atoms with E-state index in [9.17, 15) is 14.4 Å². The molecule has 10 heteroatoms. The zero-order chi connectivity index (χ0) is 21.6. The van der Waals surface area contributed by atoms with Crippen LogP contribution in [0.1, 0.15) is 44.3 Å². The summed E-state index contributed by atoms with van der Waals surface area (Å²) >= 11 is 8.51. The molecule has 158 valence electrons. The molecule has 2 aromatic heterocycles. The fourth-order valence-corrected chi connectivity index (χ4v) is 4.97. The van der Waals surface area contributed by atoms with Crippen LogP contribution in [-0.4, -0.2) is 49.4 Å². The fraction of sp³-hybridized carbons (Fsp3) is 0.421. The molecule has 0 unspecified atom stereocenters. The number of likely N-dealkylation sites (N-methyl/N-ethyl adjacent to an activating group) is 1. The van der Waals surface area contributed by atoms with Gasteiger partial charge in [-0.15, -0.1) is 22.7 Å². The summed E-state index contributed by atoms with van der Waals surface area (Å²) in [6.45, 7) is 6.94. The molecule has 0 atom stereocenters. The third kappa shape index (κ3) is 6.02. The number of nitrogens with zero attached hydrogens (tertiary/aromatic N) is 1. The van der Waals surface area contributed by atoms with Gasteiger partial charge in [-0.1, -0.05) is 18.5 Å². The van der Waals surface area contributed by atoms with Crippen LogP contribution in [0.25, 0.3) is 0 Å². The summed E-state index contributed by atoms with van der Waals surface area (Å²) in [6, 6.07) is 3.76. The van der Waals surface area contributed by atoms with Crippen molar-refractivity contribution in [2.24, 2.45) is 0 Å². The van der Waals surface area contributed by atoms with Gasteiger partial charge in [-0.3, -0.25) is 14.5 Å². The molecule has 7 nitrogen and oxygen atoms in total. The summed E-state index contributed by atoms with van der Waals surface area (Å²) in [5, 5.41) is 5.65. The van der Waals surface area contributed by atoms with Gasteiger partial charge in [0, 0.05) is 18.5 Å². The maximum absolute atomic E-state index is 12.6. The molecule has 29 heavy (non-hydrogen) atoms. The molecule has 0 spiro atoms. The van der Waals surface area contributed by atoms with E-state index in [0.717, 1.165) is 16.2 Å². The second-order valence-corrected chi connectivity index (χ2v) is 8.94. The van der Waals surface area contributed by atoms with Gasteiger partial charge in [0.15, 0.2) is 0 Å². The predicted octanol–water partition coefficient (Wildman–Crippen LogP) is 3.77. The largest absolute Gasteiger partial charge is 0.462 e. The Morgan fingerprint density at radius 2 is 1.93 bits per heavy atom. The van der Waals surface area contributed by atoms with E-state index < -0.39 is 5.97 Å². The number of nitrogens with one attached hydrogen (secondary N) is 2. The summed E-state index contributed by atoms with van der Waals surface area (Å²) in [7, 11) is 1.51. The molecular weight excluding hydrogens is 434 g/mol. The van der Waals surface area contributed by atoms with Crippen LogP contribution in [0.2, 0.25) is 4.34 Å². The van der Waals surface area contributed by atoms with Gasteiger partial charge in [0.1, 0.15) is 5.00 Å². The number of carbonyl (C=O) groups is 3. The smallest absolute Gasteiger partial charge is 0.341 e. The van der Waals surface area contributed by atoms with Crippen LogP contribution in [-0.2, 0) is 16.1 Å². The molecule has 0 bridgehead atoms. The summed E-state index contributed by atoms with van der Waals surface area (Å²) < 4.78 is 5.81. The van der Waals surface area contributed by atoms with Gasteiger partial charge in [-0.25, -0.2) is 4.79 Å². The molecule has 0 aliphatic rings.